The Hall–Kier alpha value is -2.35. The van der Waals surface area contributed by atoms with E-state index in [-0.39, 0.29) is 16.8 Å². The van der Waals surface area contributed by atoms with Crippen LogP contribution in [-0.4, -0.2) is 29.5 Å². The standard InChI is InChI=1S/C14H20N4O3S/c1-4-7-15-14(22)18-17-13(20)11(9(2)3)16-12(19)10-6-5-8-21-10/h4-6,8-9,11H,1,7H2,2-3H3,(H,16,19)(H,17,20)(H2,15,18,22)/t11-/m0/s1. The largest absolute Gasteiger partial charge is 0.459 e. The lowest BCUT2D eigenvalue weighted by atomic mass is 10.0. The molecule has 0 unspecified atom stereocenters. The summed E-state index contributed by atoms with van der Waals surface area (Å²) in [7, 11) is 0. The Labute approximate surface area is 134 Å². The van der Waals surface area contributed by atoms with Gasteiger partial charge in [0.05, 0.1) is 6.26 Å². The Balaban J connectivity index is 2.55. The Morgan fingerprint density at radius 3 is 2.68 bits per heavy atom. The van der Waals surface area contributed by atoms with E-state index < -0.39 is 17.9 Å². The van der Waals surface area contributed by atoms with Gasteiger partial charge in [0.25, 0.3) is 11.8 Å². The van der Waals surface area contributed by atoms with Gasteiger partial charge in [-0.05, 0) is 30.3 Å². The van der Waals surface area contributed by atoms with Gasteiger partial charge >= 0.3 is 0 Å². The van der Waals surface area contributed by atoms with E-state index in [4.69, 9.17) is 16.6 Å². The lowest BCUT2D eigenvalue weighted by Gasteiger charge is -2.21. The number of hydrazine groups is 1. The van der Waals surface area contributed by atoms with Crippen LogP contribution in [0.1, 0.15) is 24.4 Å². The maximum Gasteiger partial charge on any atom is 0.287 e. The van der Waals surface area contributed by atoms with Crippen molar-refractivity contribution in [3.63, 3.8) is 0 Å². The Morgan fingerprint density at radius 2 is 2.14 bits per heavy atom. The van der Waals surface area contributed by atoms with Crippen LogP contribution in [0.3, 0.4) is 0 Å². The molecule has 2 amide bonds. The van der Waals surface area contributed by atoms with E-state index in [2.05, 4.69) is 28.1 Å². The minimum atomic E-state index is -0.729. The maximum atomic E-state index is 12.1. The van der Waals surface area contributed by atoms with Crippen molar-refractivity contribution in [2.45, 2.75) is 19.9 Å². The lowest BCUT2D eigenvalue weighted by Crippen LogP contribution is -2.55. The average molecular weight is 324 g/mol. The van der Waals surface area contributed by atoms with Crippen LogP contribution in [0.5, 0.6) is 0 Å². The minimum absolute atomic E-state index is 0.115. The van der Waals surface area contributed by atoms with Gasteiger partial charge in [-0.3, -0.25) is 20.4 Å². The molecule has 22 heavy (non-hydrogen) atoms. The summed E-state index contributed by atoms with van der Waals surface area (Å²) in [6.07, 6.45) is 3.03. The zero-order valence-electron chi connectivity index (χ0n) is 12.5. The molecule has 1 aromatic heterocycles. The third-order valence-electron chi connectivity index (χ3n) is 2.69. The molecule has 0 saturated carbocycles. The van der Waals surface area contributed by atoms with Crippen molar-refractivity contribution < 1.29 is 14.0 Å². The molecule has 0 radical (unpaired) electrons. The van der Waals surface area contributed by atoms with E-state index >= 15 is 0 Å². The van der Waals surface area contributed by atoms with Gasteiger partial charge in [-0.25, -0.2) is 0 Å². The molecule has 0 aromatic carbocycles. The lowest BCUT2D eigenvalue weighted by molar-refractivity contribution is -0.124. The van der Waals surface area contributed by atoms with Crippen LogP contribution in [0.15, 0.2) is 35.5 Å². The summed E-state index contributed by atoms with van der Waals surface area (Å²) in [6.45, 7) is 7.66. The van der Waals surface area contributed by atoms with Crippen LogP contribution < -0.4 is 21.5 Å². The number of amides is 2. The first-order valence-electron chi connectivity index (χ1n) is 6.74. The maximum absolute atomic E-state index is 12.1. The predicted molar refractivity (Wildman–Crippen MR) is 86.9 cm³/mol. The SMILES string of the molecule is C=CCNC(=S)NNC(=O)[C@@H](NC(=O)c1ccco1)C(C)C. The van der Waals surface area contributed by atoms with Crippen molar-refractivity contribution in [1.29, 1.82) is 0 Å². The number of thiocarbonyl (C=S) groups is 1. The molecule has 1 heterocycles. The number of furan rings is 1. The Bertz CT molecular complexity index is 528. The van der Waals surface area contributed by atoms with Gasteiger partial charge in [0.2, 0.25) is 0 Å². The number of hydrogen-bond acceptors (Lipinski definition) is 4. The van der Waals surface area contributed by atoms with Crippen LogP contribution in [0.4, 0.5) is 0 Å². The molecular formula is C14H20N4O3S. The van der Waals surface area contributed by atoms with E-state index in [0.717, 1.165) is 0 Å². The fourth-order valence-corrected chi connectivity index (χ4v) is 1.69. The van der Waals surface area contributed by atoms with Crippen LogP contribution in [0.2, 0.25) is 0 Å². The normalized spacial score (nSPS) is 11.4. The van der Waals surface area contributed by atoms with E-state index in [0.29, 0.717) is 6.54 Å². The van der Waals surface area contributed by atoms with E-state index in [1.54, 1.807) is 12.1 Å². The van der Waals surface area contributed by atoms with Crippen molar-refractivity contribution in [3.8, 4) is 0 Å². The molecule has 7 nitrogen and oxygen atoms in total. The molecule has 0 fully saturated rings. The monoisotopic (exact) mass is 324 g/mol. The topological polar surface area (TPSA) is 95.4 Å². The smallest absolute Gasteiger partial charge is 0.287 e. The molecule has 0 aliphatic rings. The Kier molecular flexibility index (Phi) is 7.11. The van der Waals surface area contributed by atoms with Crippen molar-refractivity contribution in [2.24, 2.45) is 5.92 Å². The summed E-state index contributed by atoms with van der Waals surface area (Å²) < 4.78 is 5.00. The first kappa shape index (κ1) is 17.7. The summed E-state index contributed by atoms with van der Waals surface area (Å²) >= 11 is 4.96. The van der Waals surface area contributed by atoms with Gasteiger partial charge in [0.15, 0.2) is 10.9 Å². The number of hydrogen-bond donors (Lipinski definition) is 4. The highest BCUT2D eigenvalue weighted by atomic mass is 32.1. The molecule has 1 atom stereocenters. The highest BCUT2D eigenvalue weighted by Gasteiger charge is 2.25. The molecule has 1 rings (SSSR count). The quantitative estimate of drug-likeness (QED) is 0.350. The summed E-state index contributed by atoms with van der Waals surface area (Å²) in [5.74, 6) is -0.825. The second kappa shape index (κ2) is 8.83. The molecule has 0 bridgehead atoms. The molecule has 120 valence electrons. The molecule has 4 N–H and O–H groups in total. The number of rotatable bonds is 6. The van der Waals surface area contributed by atoms with Crippen molar-refractivity contribution in [3.05, 3.63) is 36.8 Å². The van der Waals surface area contributed by atoms with E-state index in [9.17, 15) is 9.59 Å². The third-order valence-corrected chi connectivity index (χ3v) is 2.93. The van der Waals surface area contributed by atoms with Gasteiger partial charge in [-0.15, -0.1) is 6.58 Å². The number of carbonyl (C=O) groups excluding carboxylic acids is 2. The molecule has 1 aromatic rings. The van der Waals surface area contributed by atoms with Crippen LogP contribution >= 0.6 is 12.2 Å². The second-order valence-electron chi connectivity index (χ2n) is 4.79. The zero-order chi connectivity index (χ0) is 16.5. The number of nitrogens with one attached hydrogen (secondary N) is 4. The molecule has 8 heteroatoms. The third kappa shape index (κ3) is 5.57. The van der Waals surface area contributed by atoms with E-state index in [1.165, 1.54) is 12.3 Å². The fourth-order valence-electron chi connectivity index (χ4n) is 1.56. The van der Waals surface area contributed by atoms with Gasteiger partial charge in [0.1, 0.15) is 6.04 Å². The molecular weight excluding hydrogens is 304 g/mol. The first-order chi connectivity index (χ1) is 10.5. The average Bonchev–Trinajstić information content (AvgIpc) is 3.01. The van der Waals surface area contributed by atoms with Crippen LogP contribution in [0, 0.1) is 5.92 Å². The minimum Gasteiger partial charge on any atom is -0.459 e. The number of carbonyl (C=O) groups is 2. The summed E-state index contributed by atoms with van der Waals surface area (Å²) in [6, 6.07) is 2.40. The first-order valence-corrected chi connectivity index (χ1v) is 7.15. The zero-order valence-corrected chi connectivity index (χ0v) is 13.3. The van der Waals surface area contributed by atoms with Gasteiger partial charge < -0.3 is 15.1 Å². The molecule has 0 spiro atoms. The van der Waals surface area contributed by atoms with Gasteiger partial charge in [0, 0.05) is 6.54 Å². The fraction of sp³-hybridized carbons (Fsp3) is 0.357. The van der Waals surface area contributed by atoms with Crippen molar-refractivity contribution in [1.82, 2.24) is 21.5 Å². The van der Waals surface area contributed by atoms with Gasteiger partial charge in [-0.1, -0.05) is 19.9 Å². The molecule has 0 aliphatic carbocycles. The molecule has 0 saturated heterocycles. The molecule has 0 aliphatic heterocycles. The summed E-state index contributed by atoms with van der Waals surface area (Å²) in [5, 5.41) is 5.68. The van der Waals surface area contributed by atoms with E-state index in [1.807, 2.05) is 13.8 Å². The van der Waals surface area contributed by atoms with Crippen LogP contribution in [-0.2, 0) is 4.79 Å². The summed E-state index contributed by atoms with van der Waals surface area (Å²) in [4.78, 5) is 24.1. The van der Waals surface area contributed by atoms with Gasteiger partial charge in [-0.2, -0.15) is 0 Å². The highest BCUT2D eigenvalue weighted by molar-refractivity contribution is 7.80. The summed E-state index contributed by atoms with van der Waals surface area (Å²) in [5.41, 5.74) is 5.01. The Morgan fingerprint density at radius 1 is 1.41 bits per heavy atom. The van der Waals surface area contributed by atoms with Crippen molar-refractivity contribution >= 4 is 29.1 Å². The second-order valence-corrected chi connectivity index (χ2v) is 5.19. The van der Waals surface area contributed by atoms with Crippen LogP contribution in [0.25, 0.3) is 0 Å². The van der Waals surface area contributed by atoms with Crippen molar-refractivity contribution in [2.75, 3.05) is 6.54 Å². The highest BCUT2D eigenvalue weighted by Crippen LogP contribution is 2.05. The predicted octanol–water partition coefficient (Wildman–Crippen LogP) is 0.715.